The molecule has 2 N–H and O–H groups in total. The first-order chi connectivity index (χ1) is 21.1. The van der Waals surface area contributed by atoms with E-state index in [1.54, 1.807) is 24.6 Å². The predicted molar refractivity (Wildman–Crippen MR) is 187 cm³/mol. The van der Waals surface area contributed by atoms with Gasteiger partial charge >= 0.3 is 0 Å². The van der Waals surface area contributed by atoms with Crippen LogP contribution in [0.15, 0.2) is 107 Å². The van der Waals surface area contributed by atoms with E-state index in [9.17, 15) is 10.2 Å². The SMILES string of the molecule is Cc1cc(C)c(N=Cc2c(O)ccc3ccccc23)c(C)c1.Cc1cc(C)c(N=Cc2c(O)ccc3ccccc23)c(C)c1.[Ni]. The molecule has 0 spiro atoms. The zero-order valence-corrected chi connectivity index (χ0v) is 27.5. The van der Waals surface area contributed by atoms with Crippen molar-refractivity contribution >= 4 is 45.3 Å². The number of aryl methyl sites for hydroxylation is 6. The summed E-state index contributed by atoms with van der Waals surface area (Å²) in [5.41, 5.74) is 10.5. The van der Waals surface area contributed by atoms with Gasteiger partial charge in [0.1, 0.15) is 11.5 Å². The number of phenolic OH excluding ortho intramolecular Hbond substituents is 2. The van der Waals surface area contributed by atoms with Gasteiger partial charge in [0.15, 0.2) is 0 Å². The second-order valence-corrected chi connectivity index (χ2v) is 11.5. The van der Waals surface area contributed by atoms with Crippen molar-refractivity contribution in [1.82, 2.24) is 0 Å². The molecule has 0 aliphatic heterocycles. The summed E-state index contributed by atoms with van der Waals surface area (Å²) in [4.78, 5) is 9.29. The van der Waals surface area contributed by atoms with E-state index in [2.05, 4.69) is 75.8 Å². The first-order valence-electron chi connectivity index (χ1n) is 14.8. The second kappa shape index (κ2) is 14.4. The maximum Gasteiger partial charge on any atom is 0.124 e. The Morgan fingerprint density at radius 3 is 1.16 bits per heavy atom. The Bertz CT molecular complexity index is 1870. The standard InChI is InChI=1S/2C20H19NO.Ni/c2*1-13-10-14(2)20(15(3)11-13)21-12-18-17-7-5-4-6-16(17)8-9-19(18)22;/h2*4-12,22H,1-3H3;. The minimum Gasteiger partial charge on any atom is -0.507 e. The van der Waals surface area contributed by atoms with E-state index < -0.39 is 0 Å². The van der Waals surface area contributed by atoms with Crippen molar-refractivity contribution in [2.24, 2.45) is 9.98 Å². The Kier molecular flexibility index (Phi) is 10.6. The minimum absolute atomic E-state index is 0. The zero-order chi connectivity index (χ0) is 31.4. The largest absolute Gasteiger partial charge is 0.507 e. The molecule has 6 rings (SSSR count). The molecule has 0 unspecified atom stereocenters. The summed E-state index contributed by atoms with van der Waals surface area (Å²) in [5, 5.41) is 24.6. The predicted octanol–water partition coefficient (Wildman–Crippen LogP) is 10.4. The molecule has 0 aliphatic rings. The molecule has 5 heteroatoms. The number of rotatable bonds is 4. The summed E-state index contributed by atoms with van der Waals surface area (Å²) in [7, 11) is 0. The van der Waals surface area contributed by atoms with Gasteiger partial charge in [0, 0.05) is 40.0 Å². The number of benzene rings is 6. The van der Waals surface area contributed by atoms with E-state index in [1.165, 1.54) is 11.1 Å². The van der Waals surface area contributed by atoms with Crippen LogP contribution in [0.3, 0.4) is 0 Å². The fourth-order valence-corrected chi connectivity index (χ4v) is 5.85. The second-order valence-electron chi connectivity index (χ2n) is 11.5. The normalized spacial score (nSPS) is 11.2. The van der Waals surface area contributed by atoms with Crippen LogP contribution in [-0.4, -0.2) is 22.6 Å². The van der Waals surface area contributed by atoms with Crippen LogP contribution < -0.4 is 0 Å². The van der Waals surface area contributed by atoms with E-state index >= 15 is 0 Å². The number of hydrogen-bond acceptors (Lipinski definition) is 4. The molecule has 0 saturated heterocycles. The first-order valence-corrected chi connectivity index (χ1v) is 14.8. The van der Waals surface area contributed by atoms with E-state index in [0.29, 0.717) is 0 Å². The molecule has 6 aromatic carbocycles. The summed E-state index contributed by atoms with van der Waals surface area (Å²) < 4.78 is 0. The summed E-state index contributed by atoms with van der Waals surface area (Å²) >= 11 is 0. The van der Waals surface area contributed by atoms with Crippen LogP contribution in [-0.2, 0) is 16.5 Å². The average Bonchev–Trinajstić information content (AvgIpc) is 2.98. The average molecular weight is 637 g/mol. The Labute approximate surface area is 275 Å². The molecule has 0 heterocycles. The topological polar surface area (TPSA) is 65.2 Å². The molecule has 0 saturated carbocycles. The van der Waals surface area contributed by atoms with Crippen LogP contribution >= 0.6 is 0 Å². The molecule has 0 atom stereocenters. The third-order valence-electron chi connectivity index (χ3n) is 7.81. The monoisotopic (exact) mass is 636 g/mol. The molecular weight excluding hydrogens is 599 g/mol. The number of nitrogens with zero attached hydrogens (tertiary/aromatic N) is 2. The third kappa shape index (κ3) is 7.50. The Morgan fingerprint density at radius 2 is 0.800 bits per heavy atom. The molecule has 4 nitrogen and oxygen atoms in total. The fraction of sp³-hybridized carbons (Fsp3) is 0.150. The van der Waals surface area contributed by atoms with E-state index in [0.717, 1.165) is 66.3 Å². The van der Waals surface area contributed by atoms with Crippen molar-refractivity contribution in [3.8, 4) is 11.5 Å². The molecule has 45 heavy (non-hydrogen) atoms. The quantitative estimate of drug-likeness (QED) is 0.149. The van der Waals surface area contributed by atoms with Crippen LogP contribution in [0.2, 0.25) is 0 Å². The van der Waals surface area contributed by atoms with Crippen LogP contribution in [0, 0.1) is 41.5 Å². The van der Waals surface area contributed by atoms with E-state index in [1.807, 2.05) is 60.7 Å². The molecule has 0 amide bonds. The van der Waals surface area contributed by atoms with Crippen molar-refractivity contribution in [1.29, 1.82) is 0 Å². The van der Waals surface area contributed by atoms with Crippen molar-refractivity contribution in [3.63, 3.8) is 0 Å². The Hall–Kier alpha value is -4.73. The number of aliphatic imine (C=N–C) groups is 2. The molecule has 0 bridgehead atoms. The number of fused-ring (bicyclic) bond motifs is 2. The van der Waals surface area contributed by atoms with Crippen LogP contribution in [0.4, 0.5) is 11.4 Å². The van der Waals surface area contributed by atoms with Crippen LogP contribution in [0.25, 0.3) is 21.5 Å². The maximum absolute atomic E-state index is 10.2. The van der Waals surface area contributed by atoms with Crippen molar-refractivity contribution < 1.29 is 26.7 Å². The van der Waals surface area contributed by atoms with Crippen LogP contribution in [0.5, 0.6) is 11.5 Å². The van der Waals surface area contributed by atoms with Gasteiger partial charge in [-0.15, -0.1) is 0 Å². The molecule has 6 aromatic rings. The number of hydrogen-bond donors (Lipinski definition) is 2. The summed E-state index contributed by atoms with van der Waals surface area (Å²) in [5.74, 6) is 0.509. The summed E-state index contributed by atoms with van der Waals surface area (Å²) in [6, 6.07) is 31.8. The van der Waals surface area contributed by atoms with Crippen molar-refractivity contribution in [2.75, 3.05) is 0 Å². The number of aromatic hydroxyl groups is 2. The molecule has 0 fully saturated rings. The fourth-order valence-electron chi connectivity index (χ4n) is 5.85. The van der Waals surface area contributed by atoms with Gasteiger partial charge in [0.05, 0.1) is 11.4 Å². The number of phenols is 2. The summed E-state index contributed by atoms with van der Waals surface area (Å²) in [6.45, 7) is 12.4. The molecule has 0 aliphatic carbocycles. The molecule has 230 valence electrons. The third-order valence-corrected chi connectivity index (χ3v) is 7.81. The van der Waals surface area contributed by atoms with Gasteiger partial charge in [-0.1, -0.05) is 96.1 Å². The molecule has 0 radical (unpaired) electrons. The minimum atomic E-state index is 0. The van der Waals surface area contributed by atoms with Gasteiger partial charge in [-0.25, -0.2) is 0 Å². The Balaban J connectivity index is 0.000000200. The van der Waals surface area contributed by atoms with E-state index in [-0.39, 0.29) is 28.0 Å². The van der Waals surface area contributed by atoms with Gasteiger partial charge in [-0.05, 0) is 97.5 Å². The zero-order valence-electron chi connectivity index (χ0n) is 26.5. The first kappa shape index (κ1) is 33.2. The van der Waals surface area contributed by atoms with Gasteiger partial charge in [-0.3, -0.25) is 9.98 Å². The summed E-state index contributed by atoms with van der Waals surface area (Å²) in [6.07, 6.45) is 3.53. The van der Waals surface area contributed by atoms with Gasteiger partial charge in [0.2, 0.25) is 0 Å². The van der Waals surface area contributed by atoms with Crippen molar-refractivity contribution in [2.45, 2.75) is 41.5 Å². The molecule has 0 aromatic heterocycles. The van der Waals surface area contributed by atoms with Crippen LogP contribution in [0.1, 0.15) is 44.5 Å². The van der Waals surface area contributed by atoms with Gasteiger partial charge < -0.3 is 10.2 Å². The smallest absolute Gasteiger partial charge is 0.124 e. The van der Waals surface area contributed by atoms with E-state index in [4.69, 9.17) is 0 Å². The Morgan fingerprint density at radius 1 is 0.467 bits per heavy atom. The molecular formula is C40H38N2NiO2. The van der Waals surface area contributed by atoms with Crippen molar-refractivity contribution in [3.05, 3.63) is 142 Å². The van der Waals surface area contributed by atoms with Gasteiger partial charge in [-0.2, -0.15) is 0 Å². The maximum atomic E-state index is 10.2. The van der Waals surface area contributed by atoms with Gasteiger partial charge in [0.25, 0.3) is 0 Å².